The van der Waals surface area contributed by atoms with Crippen LogP contribution in [0, 0.1) is 0 Å². The Morgan fingerprint density at radius 3 is 2.00 bits per heavy atom. The zero-order valence-electron chi connectivity index (χ0n) is 12.0. The number of hydrogen-bond donors (Lipinski definition) is 0. The zero-order valence-corrected chi connectivity index (χ0v) is 12.0. The summed E-state index contributed by atoms with van der Waals surface area (Å²) in [6, 6.07) is 26.1. The van der Waals surface area contributed by atoms with E-state index in [4.69, 9.17) is 0 Å². The van der Waals surface area contributed by atoms with E-state index in [0.29, 0.717) is 0 Å². The van der Waals surface area contributed by atoms with Gasteiger partial charge in [0.05, 0.1) is 0 Å². The van der Waals surface area contributed by atoms with Gasteiger partial charge in [0.1, 0.15) is 0 Å². The summed E-state index contributed by atoms with van der Waals surface area (Å²) in [4.78, 5) is 0. The number of hydrogen-bond acceptors (Lipinski definition) is 0. The molecule has 1 aliphatic rings. The molecule has 0 aromatic heterocycles. The van der Waals surface area contributed by atoms with Gasteiger partial charge in [-0.3, -0.25) is 0 Å². The predicted octanol–water partition coefficient (Wildman–Crippen LogP) is 5.73. The van der Waals surface area contributed by atoms with Gasteiger partial charge in [0.2, 0.25) is 0 Å². The van der Waals surface area contributed by atoms with Crippen LogP contribution in [0.3, 0.4) is 0 Å². The Morgan fingerprint density at radius 1 is 0.571 bits per heavy atom. The van der Waals surface area contributed by atoms with Crippen LogP contribution in [0.1, 0.15) is 11.1 Å². The fourth-order valence-corrected chi connectivity index (χ4v) is 3.05. The summed E-state index contributed by atoms with van der Waals surface area (Å²) in [7, 11) is 0. The first kappa shape index (κ1) is 13.4. The van der Waals surface area contributed by atoms with E-state index in [9.17, 15) is 0 Å². The molecule has 0 amide bonds. The van der Waals surface area contributed by atoms with Crippen LogP contribution in [-0.4, -0.2) is 0 Å². The normalized spacial score (nSPS) is 11.0. The second-order valence-electron chi connectivity index (χ2n) is 5.03. The highest BCUT2D eigenvalue weighted by Crippen LogP contribution is 2.41. The Bertz CT molecular complexity index is 754. The van der Waals surface area contributed by atoms with Gasteiger partial charge in [0, 0.05) is 0 Å². The third-order valence-corrected chi connectivity index (χ3v) is 3.94. The van der Waals surface area contributed by atoms with Gasteiger partial charge < -0.3 is 0 Å². The Balaban J connectivity index is 0.000000636. The standard InChI is InChI=1S/C19H14.C2H4/c1-2-7-14(8-3-1)16-11-6-12-18-17-10-5-4-9-15(17)13-19(16)18;1-2/h1-12H,13H2;1-2H2. The first-order valence-electron chi connectivity index (χ1n) is 7.19. The van der Waals surface area contributed by atoms with Gasteiger partial charge in [0.25, 0.3) is 0 Å². The summed E-state index contributed by atoms with van der Waals surface area (Å²) in [5, 5.41) is 0. The van der Waals surface area contributed by atoms with E-state index in [1.807, 2.05) is 0 Å². The Hall–Kier alpha value is -2.60. The summed E-state index contributed by atoms with van der Waals surface area (Å²) >= 11 is 0. The van der Waals surface area contributed by atoms with Crippen molar-refractivity contribution in [1.29, 1.82) is 0 Å². The zero-order chi connectivity index (χ0) is 14.7. The highest BCUT2D eigenvalue weighted by Gasteiger charge is 2.20. The van der Waals surface area contributed by atoms with Gasteiger partial charge in [-0.15, -0.1) is 13.2 Å². The summed E-state index contributed by atoms with van der Waals surface area (Å²) in [6.07, 6.45) is 1.05. The topological polar surface area (TPSA) is 0 Å². The van der Waals surface area contributed by atoms with E-state index < -0.39 is 0 Å². The van der Waals surface area contributed by atoms with Gasteiger partial charge in [-0.2, -0.15) is 0 Å². The van der Waals surface area contributed by atoms with Crippen LogP contribution in [0.25, 0.3) is 22.3 Å². The van der Waals surface area contributed by atoms with Crippen LogP contribution in [0.4, 0.5) is 0 Å². The molecule has 0 unspecified atom stereocenters. The fraction of sp³-hybridized carbons (Fsp3) is 0.0476. The molecule has 0 saturated carbocycles. The lowest BCUT2D eigenvalue weighted by molar-refractivity contribution is 1.26. The minimum atomic E-state index is 1.05. The molecule has 0 spiro atoms. The lowest BCUT2D eigenvalue weighted by atomic mass is 9.96. The Kier molecular flexibility index (Phi) is 3.70. The number of fused-ring (bicyclic) bond motifs is 3. The average Bonchev–Trinajstić information content (AvgIpc) is 2.96. The molecule has 3 aromatic carbocycles. The van der Waals surface area contributed by atoms with Gasteiger partial charge >= 0.3 is 0 Å². The quantitative estimate of drug-likeness (QED) is 0.388. The molecule has 0 heterocycles. The molecular weight excluding hydrogens is 252 g/mol. The lowest BCUT2D eigenvalue weighted by Crippen LogP contribution is -1.87. The molecule has 0 nitrogen and oxygen atoms in total. The maximum atomic E-state index is 3.00. The van der Waals surface area contributed by atoms with E-state index in [0.717, 1.165) is 6.42 Å². The SMILES string of the molecule is C=C.c1ccc(-c2cccc3c2Cc2ccccc2-3)cc1. The molecule has 0 saturated heterocycles. The third kappa shape index (κ3) is 2.30. The molecule has 0 bridgehead atoms. The molecule has 0 aliphatic heterocycles. The summed E-state index contributed by atoms with van der Waals surface area (Å²) in [5.41, 5.74) is 8.39. The van der Waals surface area contributed by atoms with Crippen LogP contribution in [0.15, 0.2) is 86.0 Å². The lowest BCUT2D eigenvalue weighted by Gasteiger charge is -2.08. The molecule has 102 valence electrons. The smallest absolute Gasteiger partial charge is 0.000729 e. The van der Waals surface area contributed by atoms with Crippen molar-refractivity contribution < 1.29 is 0 Å². The molecule has 0 radical (unpaired) electrons. The largest absolute Gasteiger partial charge is 0.106 e. The second kappa shape index (κ2) is 5.80. The summed E-state index contributed by atoms with van der Waals surface area (Å²) in [6.45, 7) is 6.00. The molecule has 0 fully saturated rings. The first-order valence-corrected chi connectivity index (χ1v) is 7.19. The van der Waals surface area contributed by atoms with Gasteiger partial charge in [-0.1, -0.05) is 72.8 Å². The van der Waals surface area contributed by atoms with Crippen LogP contribution < -0.4 is 0 Å². The molecule has 3 aromatic rings. The minimum absolute atomic E-state index is 1.05. The highest BCUT2D eigenvalue weighted by molar-refractivity contribution is 5.84. The number of benzene rings is 3. The fourth-order valence-electron chi connectivity index (χ4n) is 3.05. The van der Waals surface area contributed by atoms with Crippen molar-refractivity contribution in [1.82, 2.24) is 0 Å². The highest BCUT2D eigenvalue weighted by atomic mass is 14.2. The third-order valence-electron chi connectivity index (χ3n) is 3.94. The van der Waals surface area contributed by atoms with E-state index in [2.05, 4.69) is 86.0 Å². The van der Waals surface area contributed by atoms with Gasteiger partial charge in [-0.05, 0) is 39.8 Å². The monoisotopic (exact) mass is 270 g/mol. The van der Waals surface area contributed by atoms with E-state index >= 15 is 0 Å². The molecule has 0 heteroatoms. The average molecular weight is 270 g/mol. The molecule has 1 aliphatic carbocycles. The second-order valence-corrected chi connectivity index (χ2v) is 5.03. The van der Waals surface area contributed by atoms with Crippen molar-refractivity contribution in [2.24, 2.45) is 0 Å². The van der Waals surface area contributed by atoms with Crippen molar-refractivity contribution in [3.8, 4) is 22.3 Å². The van der Waals surface area contributed by atoms with Crippen molar-refractivity contribution in [3.63, 3.8) is 0 Å². The van der Waals surface area contributed by atoms with Gasteiger partial charge in [-0.25, -0.2) is 0 Å². The maximum absolute atomic E-state index is 3.00. The summed E-state index contributed by atoms with van der Waals surface area (Å²) in [5.74, 6) is 0. The van der Waals surface area contributed by atoms with Crippen LogP contribution >= 0.6 is 0 Å². The predicted molar refractivity (Wildman–Crippen MR) is 91.4 cm³/mol. The first-order chi connectivity index (χ1) is 10.4. The maximum Gasteiger partial charge on any atom is -0.000729 e. The van der Waals surface area contributed by atoms with Crippen molar-refractivity contribution in [3.05, 3.63) is 97.1 Å². The van der Waals surface area contributed by atoms with Crippen LogP contribution in [-0.2, 0) is 6.42 Å². The van der Waals surface area contributed by atoms with E-state index in [1.54, 1.807) is 0 Å². The Morgan fingerprint density at radius 2 is 1.19 bits per heavy atom. The summed E-state index contributed by atoms with van der Waals surface area (Å²) < 4.78 is 0. The van der Waals surface area contributed by atoms with Crippen LogP contribution in [0.2, 0.25) is 0 Å². The van der Waals surface area contributed by atoms with Crippen LogP contribution in [0.5, 0.6) is 0 Å². The Labute approximate surface area is 126 Å². The molecular formula is C21H18. The minimum Gasteiger partial charge on any atom is -0.106 e. The molecule has 0 atom stereocenters. The molecule has 21 heavy (non-hydrogen) atoms. The number of rotatable bonds is 1. The molecule has 4 rings (SSSR count). The van der Waals surface area contributed by atoms with Crippen molar-refractivity contribution in [2.45, 2.75) is 6.42 Å². The van der Waals surface area contributed by atoms with Crippen molar-refractivity contribution >= 4 is 0 Å². The van der Waals surface area contributed by atoms with Gasteiger partial charge in [0.15, 0.2) is 0 Å². The van der Waals surface area contributed by atoms with E-state index in [-0.39, 0.29) is 0 Å². The van der Waals surface area contributed by atoms with E-state index in [1.165, 1.54) is 33.4 Å². The van der Waals surface area contributed by atoms with Crippen molar-refractivity contribution in [2.75, 3.05) is 0 Å². The molecule has 0 N–H and O–H groups in total.